The van der Waals surface area contributed by atoms with Gasteiger partial charge in [-0.25, -0.2) is 0 Å². The molecule has 0 aliphatic heterocycles. The summed E-state index contributed by atoms with van der Waals surface area (Å²) in [7, 11) is 0. The van der Waals surface area contributed by atoms with Crippen LogP contribution in [0, 0.1) is 0 Å². The van der Waals surface area contributed by atoms with E-state index >= 15 is 0 Å². The summed E-state index contributed by atoms with van der Waals surface area (Å²) < 4.78 is 0. The van der Waals surface area contributed by atoms with E-state index in [2.05, 4.69) is 43.5 Å². The Morgan fingerprint density at radius 1 is 0.521 bits per heavy atom. The fourth-order valence-electron chi connectivity index (χ4n) is 6.54. The number of hydrogen-bond donors (Lipinski definition) is 4. The average Bonchev–Trinajstić information content (AvgIpc) is 3.09. The summed E-state index contributed by atoms with van der Waals surface area (Å²) in [6, 6.07) is -0.826. The van der Waals surface area contributed by atoms with Crippen LogP contribution in [0.3, 0.4) is 0 Å². The van der Waals surface area contributed by atoms with Crippen molar-refractivity contribution in [1.29, 1.82) is 0 Å². The number of rotatable bonds is 38. The van der Waals surface area contributed by atoms with Crippen LogP contribution >= 0.6 is 0 Å². The molecule has 0 rings (SSSR count). The van der Waals surface area contributed by atoms with Crippen molar-refractivity contribution in [1.82, 2.24) is 5.32 Å². The van der Waals surface area contributed by atoms with Crippen LogP contribution in [0.1, 0.15) is 219 Å². The Morgan fingerprint density at radius 3 is 1.29 bits per heavy atom. The van der Waals surface area contributed by atoms with Gasteiger partial charge in [0.25, 0.3) is 0 Å². The molecule has 0 aromatic rings. The number of aliphatic hydroxyl groups excluding tert-OH is 3. The predicted molar refractivity (Wildman–Crippen MR) is 208 cm³/mol. The zero-order chi connectivity index (χ0) is 35.2. The first kappa shape index (κ1) is 46.8. The van der Waals surface area contributed by atoms with Crippen molar-refractivity contribution < 1.29 is 20.1 Å². The first-order valence-electron chi connectivity index (χ1n) is 21.1. The molecule has 48 heavy (non-hydrogen) atoms. The highest BCUT2D eigenvalue weighted by molar-refractivity contribution is 5.76. The van der Waals surface area contributed by atoms with Gasteiger partial charge in [0, 0.05) is 6.42 Å². The minimum Gasteiger partial charge on any atom is -0.394 e. The van der Waals surface area contributed by atoms with Crippen molar-refractivity contribution in [2.75, 3.05) is 6.61 Å². The lowest BCUT2D eigenvalue weighted by molar-refractivity contribution is -0.124. The van der Waals surface area contributed by atoms with Gasteiger partial charge in [-0.15, -0.1) is 0 Å². The second kappa shape index (κ2) is 38.6. The summed E-state index contributed by atoms with van der Waals surface area (Å²) in [5.41, 5.74) is 0. The maximum Gasteiger partial charge on any atom is 0.220 e. The number of amides is 1. The quantitative estimate of drug-likeness (QED) is 0.0387. The fourth-order valence-corrected chi connectivity index (χ4v) is 6.54. The lowest BCUT2D eigenvalue weighted by Gasteiger charge is -2.26. The van der Waals surface area contributed by atoms with Crippen molar-refractivity contribution in [2.45, 2.75) is 238 Å². The van der Waals surface area contributed by atoms with Gasteiger partial charge >= 0.3 is 0 Å². The second-order valence-electron chi connectivity index (χ2n) is 14.5. The molecule has 0 fully saturated rings. The number of nitrogens with one attached hydrogen (secondary N) is 1. The predicted octanol–water partition coefficient (Wildman–Crippen LogP) is 11.8. The maximum absolute atomic E-state index is 12.4. The van der Waals surface area contributed by atoms with E-state index < -0.39 is 18.2 Å². The average molecular weight is 678 g/mol. The molecule has 0 spiro atoms. The highest BCUT2D eigenvalue weighted by Gasteiger charge is 2.26. The Kier molecular flexibility index (Phi) is 37.7. The van der Waals surface area contributed by atoms with Gasteiger partial charge in [-0.1, -0.05) is 192 Å². The summed E-state index contributed by atoms with van der Waals surface area (Å²) in [6.07, 6.45) is 46.0. The normalized spacial score (nSPS) is 13.9. The largest absolute Gasteiger partial charge is 0.394 e. The number of carbonyl (C=O) groups excluding carboxylic acids is 1. The Bertz CT molecular complexity index is 709. The molecule has 5 nitrogen and oxygen atoms in total. The number of carbonyl (C=O) groups is 1. The van der Waals surface area contributed by atoms with E-state index in [1.54, 1.807) is 0 Å². The molecule has 0 saturated heterocycles. The van der Waals surface area contributed by atoms with Gasteiger partial charge in [0.2, 0.25) is 5.91 Å². The standard InChI is InChI=1S/C43H83NO4/c1-3-5-7-9-11-13-14-15-16-17-18-19-20-21-22-23-24-25-26-27-28-30-32-34-36-38-42(47)44-40(39-45)43(48)41(46)37-35-33-31-29-12-10-8-6-4-2/h6,8,29,31,40-41,43,45-46,48H,3-5,7,9-28,30,32-39H2,1-2H3,(H,44,47)/b8-6+,31-29+. The van der Waals surface area contributed by atoms with E-state index in [1.165, 1.54) is 141 Å². The second-order valence-corrected chi connectivity index (χ2v) is 14.5. The zero-order valence-electron chi connectivity index (χ0n) is 32.1. The van der Waals surface area contributed by atoms with Crippen molar-refractivity contribution >= 4 is 5.91 Å². The monoisotopic (exact) mass is 678 g/mol. The molecule has 0 aromatic heterocycles. The summed E-state index contributed by atoms with van der Waals surface area (Å²) in [4.78, 5) is 12.4. The van der Waals surface area contributed by atoms with E-state index in [1.807, 2.05) is 0 Å². The first-order valence-corrected chi connectivity index (χ1v) is 21.1. The lowest BCUT2D eigenvalue weighted by Crippen LogP contribution is -2.50. The SMILES string of the molecule is CC/C=C/CC/C=C/CCCC(O)C(O)C(CO)NC(=O)CCCCCCCCCCCCCCCCCCCCCCCCCCC. The lowest BCUT2D eigenvalue weighted by atomic mass is 10.0. The molecule has 284 valence electrons. The molecular formula is C43H83NO4. The highest BCUT2D eigenvalue weighted by Crippen LogP contribution is 2.16. The summed E-state index contributed by atoms with van der Waals surface area (Å²) in [5, 5.41) is 33.2. The summed E-state index contributed by atoms with van der Waals surface area (Å²) in [6.45, 7) is 4.04. The summed E-state index contributed by atoms with van der Waals surface area (Å²) in [5.74, 6) is -0.158. The van der Waals surface area contributed by atoms with Crippen LogP contribution in [-0.2, 0) is 4.79 Å². The molecule has 0 aliphatic rings. The smallest absolute Gasteiger partial charge is 0.220 e. The van der Waals surface area contributed by atoms with E-state index in [9.17, 15) is 20.1 Å². The third-order valence-electron chi connectivity index (χ3n) is 9.80. The van der Waals surface area contributed by atoms with E-state index in [4.69, 9.17) is 0 Å². The molecule has 0 aliphatic carbocycles. The Labute approximate surface area is 299 Å². The van der Waals surface area contributed by atoms with Crippen LogP contribution in [0.15, 0.2) is 24.3 Å². The van der Waals surface area contributed by atoms with Gasteiger partial charge in [0.05, 0.1) is 18.8 Å². The highest BCUT2D eigenvalue weighted by atomic mass is 16.3. The van der Waals surface area contributed by atoms with Gasteiger partial charge in [0.1, 0.15) is 6.10 Å². The van der Waals surface area contributed by atoms with Gasteiger partial charge < -0.3 is 20.6 Å². The topological polar surface area (TPSA) is 89.8 Å². The molecule has 4 N–H and O–H groups in total. The third-order valence-corrected chi connectivity index (χ3v) is 9.80. The van der Waals surface area contributed by atoms with E-state index in [-0.39, 0.29) is 12.5 Å². The first-order chi connectivity index (χ1) is 23.6. The minimum absolute atomic E-state index is 0.158. The van der Waals surface area contributed by atoms with E-state index in [0.29, 0.717) is 12.8 Å². The number of allylic oxidation sites excluding steroid dienone is 4. The molecule has 5 heteroatoms. The number of hydrogen-bond acceptors (Lipinski definition) is 4. The van der Waals surface area contributed by atoms with Gasteiger partial charge in [-0.2, -0.15) is 0 Å². The molecule has 0 radical (unpaired) electrons. The van der Waals surface area contributed by atoms with Crippen LogP contribution in [0.2, 0.25) is 0 Å². The number of unbranched alkanes of at least 4 members (excludes halogenated alkanes) is 26. The van der Waals surface area contributed by atoms with Crippen LogP contribution in [0.4, 0.5) is 0 Å². The summed E-state index contributed by atoms with van der Waals surface area (Å²) >= 11 is 0. The van der Waals surface area contributed by atoms with Crippen LogP contribution < -0.4 is 5.32 Å². The number of aliphatic hydroxyl groups is 3. The molecule has 0 saturated carbocycles. The Hall–Kier alpha value is -1.17. The van der Waals surface area contributed by atoms with Gasteiger partial charge in [0.15, 0.2) is 0 Å². The van der Waals surface area contributed by atoms with E-state index in [0.717, 1.165) is 51.4 Å². The molecule has 1 amide bonds. The molecule has 0 bridgehead atoms. The Morgan fingerprint density at radius 2 is 0.896 bits per heavy atom. The van der Waals surface area contributed by atoms with Crippen molar-refractivity contribution in [3.63, 3.8) is 0 Å². The van der Waals surface area contributed by atoms with Gasteiger partial charge in [-0.05, 0) is 44.9 Å². The molecule has 3 atom stereocenters. The molecule has 0 aromatic carbocycles. The van der Waals surface area contributed by atoms with Crippen molar-refractivity contribution in [3.05, 3.63) is 24.3 Å². The van der Waals surface area contributed by atoms with Crippen LogP contribution in [-0.4, -0.2) is 46.1 Å². The minimum atomic E-state index is -1.16. The third kappa shape index (κ3) is 33.3. The van der Waals surface area contributed by atoms with Gasteiger partial charge in [-0.3, -0.25) is 4.79 Å². The zero-order valence-corrected chi connectivity index (χ0v) is 32.1. The maximum atomic E-state index is 12.4. The van der Waals surface area contributed by atoms with Crippen LogP contribution in [0.25, 0.3) is 0 Å². The molecule has 3 unspecified atom stereocenters. The molecular weight excluding hydrogens is 594 g/mol. The Balaban J connectivity index is 3.52. The molecule has 0 heterocycles. The van der Waals surface area contributed by atoms with Crippen molar-refractivity contribution in [3.8, 4) is 0 Å². The van der Waals surface area contributed by atoms with Crippen molar-refractivity contribution in [2.24, 2.45) is 0 Å². The fraction of sp³-hybridized carbons (Fsp3) is 0.884. The van der Waals surface area contributed by atoms with Crippen LogP contribution in [0.5, 0.6) is 0 Å².